The molecule has 19 heavy (non-hydrogen) atoms. The zero-order valence-corrected chi connectivity index (χ0v) is 11.9. The van der Waals surface area contributed by atoms with Crippen molar-refractivity contribution in [2.24, 2.45) is 4.99 Å². The molecule has 6 nitrogen and oxygen atoms in total. The van der Waals surface area contributed by atoms with E-state index in [4.69, 9.17) is 0 Å². The first-order valence-electron chi connectivity index (χ1n) is 5.96. The molecule has 0 radical (unpaired) electrons. The summed E-state index contributed by atoms with van der Waals surface area (Å²) in [5.41, 5.74) is 2.44. The lowest BCUT2D eigenvalue weighted by molar-refractivity contribution is 0.255. The molecule has 1 aliphatic heterocycles. The summed E-state index contributed by atoms with van der Waals surface area (Å²) in [5, 5.41) is 2.94. The van der Waals surface area contributed by atoms with E-state index in [1.54, 1.807) is 0 Å². The molecule has 0 saturated heterocycles. The number of nitrogens with zero attached hydrogens (tertiary/aromatic N) is 2. The Morgan fingerprint density at radius 3 is 2.58 bits per heavy atom. The Bertz CT molecular complexity index is 566. The number of rotatable bonds is 3. The Morgan fingerprint density at radius 1 is 1.37 bits per heavy atom. The summed E-state index contributed by atoms with van der Waals surface area (Å²) in [6.07, 6.45) is 1.11. The van der Waals surface area contributed by atoms with E-state index in [2.05, 4.69) is 51.1 Å². The third-order valence-electron chi connectivity index (χ3n) is 2.71. The number of guanidine groups is 1. The van der Waals surface area contributed by atoms with Crippen LogP contribution in [0.15, 0.2) is 29.3 Å². The van der Waals surface area contributed by atoms with Crippen molar-refractivity contribution in [3.63, 3.8) is 0 Å². The summed E-state index contributed by atoms with van der Waals surface area (Å²) in [4.78, 5) is 6.23. The van der Waals surface area contributed by atoms with Gasteiger partial charge in [-0.3, -0.25) is 9.62 Å². The Kier molecular flexibility index (Phi) is 4.06. The SMILES string of the molecule is Cc1ccc(CN2CN=C(NS(C)(=O)=O)NC2)cc1. The highest BCUT2D eigenvalue weighted by molar-refractivity contribution is 7.89. The maximum Gasteiger partial charge on any atom is 0.232 e. The van der Waals surface area contributed by atoms with Crippen LogP contribution in [0.2, 0.25) is 0 Å². The van der Waals surface area contributed by atoms with Crippen LogP contribution in [0.5, 0.6) is 0 Å². The molecule has 1 aromatic rings. The predicted molar refractivity (Wildman–Crippen MR) is 75.0 cm³/mol. The average molecular weight is 282 g/mol. The van der Waals surface area contributed by atoms with Crippen molar-refractivity contribution < 1.29 is 8.42 Å². The Hall–Kier alpha value is -1.60. The van der Waals surface area contributed by atoms with Gasteiger partial charge in [-0.05, 0) is 12.5 Å². The quantitative estimate of drug-likeness (QED) is 0.832. The molecule has 0 bridgehead atoms. The molecule has 2 N–H and O–H groups in total. The van der Waals surface area contributed by atoms with E-state index < -0.39 is 10.0 Å². The molecule has 0 amide bonds. The van der Waals surface area contributed by atoms with Crippen molar-refractivity contribution >= 4 is 16.0 Å². The maximum atomic E-state index is 11.1. The third kappa shape index (κ3) is 4.53. The molecule has 0 spiro atoms. The fourth-order valence-corrected chi connectivity index (χ4v) is 2.25. The van der Waals surface area contributed by atoms with Crippen LogP contribution in [-0.2, 0) is 16.6 Å². The number of nitrogens with one attached hydrogen (secondary N) is 2. The first kappa shape index (κ1) is 13.8. The van der Waals surface area contributed by atoms with Gasteiger partial charge in [-0.2, -0.15) is 0 Å². The second-order valence-electron chi connectivity index (χ2n) is 4.67. The van der Waals surface area contributed by atoms with Gasteiger partial charge >= 0.3 is 0 Å². The highest BCUT2D eigenvalue weighted by atomic mass is 32.2. The molecule has 0 unspecified atom stereocenters. The van der Waals surface area contributed by atoms with E-state index in [-0.39, 0.29) is 0 Å². The minimum Gasteiger partial charge on any atom is -0.343 e. The maximum absolute atomic E-state index is 11.1. The fourth-order valence-electron chi connectivity index (χ4n) is 1.76. The third-order valence-corrected chi connectivity index (χ3v) is 3.27. The summed E-state index contributed by atoms with van der Waals surface area (Å²) < 4.78 is 24.5. The van der Waals surface area contributed by atoms with Crippen LogP contribution in [0, 0.1) is 6.92 Å². The van der Waals surface area contributed by atoms with Crippen molar-refractivity contribution in [1.82, 2.24) is 14.9 Å². The highest BCUT2D eigenvalue weighted by Gasteiger charge is 2.14. The Morgan fingerprint density at radius 2 is 2.05 bits per heavy atom. The van der Waals surface area contributed by atoms with Crippen LogP contribution in [-0.4, -0.2) is 38.9 Å². The summed E-state index contributed by atoms with van der Waals surface area (Å²) in [5.74, 6) is 0.308. The highest BCUT2D eigenvalue weighted by Crippen LogP contribution is 2.07. The summed E-state index contributed by atoms with van der Waals surface area (Å²) in [6.45, 7) is 3.87. The van der Waals surface area contributed by atoms with Crippen molar-refractivity contribution in [2.75, 3.05) is 19.6 Å². The molecule has 0 atom stereocenters. The van der Waals surface area contributed by atoms with Gasteiger partial charge in [-0.1, -0.05) is 29.8 Å². The van der Waals surface area contributed by atoms with Crippen molar-refractivity contribution in [3.05, 3.63) is 35.4 Å². The van der Waals surface area contributed by atoms with E-state index in [0.29, 0.717) is 19.3 Å². The number of hydrogen-bond donors (Lipinski definition) is 2. The van der Waals surface area contributed by atoms with Crippen LogP contribution in [0.4, 0.5) is 0 Å². The fraction of sp³-hybridized carbons (Fsp3) is 0.417. The van der Waals surface area contributed by atoms with Crippen LogP contribution < -0.4 is 10.0 Å². The van der Waals surface area contributed by atoms with Crippen LogP contribution in [0.3, 0.4) is 0 Å². The average Bonchev–Trinajstić information content (AvgIpc) is 2.33. The number of hydrogen-bond acceptors (Lipinski definition) is 5. The lowest BCUT2D eigenvalue weighted by atomic mass is 10.1. The summed E-state index contributed by atoms with van der Waals surface area (Å²) >= 11 is 0. The van der Waals surface area contributed by atoms with Crippen molar-refractivity contribution in [1.29, 1.82) is 0 Å². The van der Waals surface area contributed by atoms with Gasteiger partial charge in [0.25, 0.3) is 0 Å². The molecule has 1 aromatic carbocycles. The van der Waals surface area contributed by atoms with Crippen LogP contribution in [0.1, 0.15) is 11.1 Å². The first-order chi connectivity index (χ1) is 8.92. The predicted octanol–water partition coefficient (Wildman–Crippen LogP) is 0.220. The molecular weight excluding hydrogens is 264 g/mol. The van der Waals surface area contributed by atoms with E-state index >= 15 is 0 Å². The molecule has 104 valence electrons. The topological polar surface area (TPSA) is 73.8 Å². The Balaban J connectivity index is 1.91. The molecule has 0 aliphatic carbocycles. The minimum absolute atomic E-state index is 0.308. The van der Waals surface area contributed by atoms with E-state index in [9.17, 15) is 8.42 Å². The first-order valence-corrected chi connectivity index (χ1v) is 7.85. The monoisotopic (exact) mass is 282 g/mol. The molecule has 7 heteroatoms. The molecule has 0 aromatic heterocycles. The molecule has 2 rings (SSSR count). The van der Waals surface area contributed by atoms with E-state index in [1.807, 2.05) is 0 Å². The van der Waals surface area contributed by atoms with Crippen LogP contribution in [0.25, 0.3) is 0 Å². The van der Waals surface area contributed by atoms with Gasteiger partial charge in [0, 0.05) is 6.54 Å². The largest absolute Gasteiger partial charge is 0.343 e. The van der Waals surface area contributed by atoms with Gasteiger partial charge in [-0.25, -0.2) is 13.4 Å². The normalized spacial score (nSPS) is 16.6. The summed E-state index contributed by atoms with van der Waals surface area (Å²) in [6, 6.07) is 8.33. The number of benzene rings is 1. The zero-order chi connectivity index (χ0) is 13.9. The Labute approximate surface area is 113 Å². The smallest absolute Gasteiger partial charge is 0.232 e. The number of aliphatic imine (C=N–C) groups is 1. The van der Waals surface area contributed by atoms with E-state index in [1.165, 1.54) is 11.1 Å². The van der Waals surface area contributed by atoms with Gasteiger partial charge < -0.3 is 5.32 Å². The molecule has 1 heterocycles. The van der Waals surface area contributed by atoms with E-state index in [0.717, 1.165) is 12.8 Å². The lowest BCUT2D eigenvalue weighted by Gasteiger charge is -2.26. The van der Waals surface area contributed by atoms with Crippen molar-refractivity contribution in [3.8, 4) is 0 Å². The van der Waals surface area contributed by atoms with Gasteiger partial charge in [-0.15, -0.1) is 0 Å². The van der Waals surface area contributed by atoms with Crippen LogP contribution >= 0.6 is 0 Å². The number of aryl methyl sites for hydroxylation is 1. The second-order valence-corrected chi connectivity index (χ2v) is 6.42. The molecule has 1 aliphatic rings. The zero-order valence-electron chi connectivity index (χ0n) is 11.0. The minimum atomic E-state index is -3.27. The van der Waals surface area contributed by atoms with Gasteiger partial charge in [0.2, 0.25) is 16.0 Å². The molecule has 0 saturated carbocycles. The molecular formula is C12H18N4O2S. The molecule has 0 fully saturated rings. The number of sulfonamides is 1. The van der Waals surface area contributed by atoms with Crippen molar-refractivity contribution in [2.45, 2.75) is 13.5 Å². The standard InChI is InChI=1S/C12H18N4O2S/c1-10-3-5-11(6-4-10)7-16-8-13-12(14-9-16)15-19(2,17)18/h3-6H,7-9H2,1-2H3,(H2,13,14,15). The van der Waals surface area contributed by atoms with Gasteiger partial charge in [0.1, 0.15) is 0 Å². The van der Waals surface area contributed by atoms with Gasteiger partial charge in [0.05, 0.1) is 19.6 Å². The summed E-state index contributed by atoms with van der Waals surface area (Å²) in [7, 11) is -3.27. The second kappa shape index (κ2) is 5.58. The lowest BCUT2D eigenvalue weighted by Crippen LogP contribution is -2.49. The van der Waals surface area contributed by atoms with Gasteiger partial charge in [0.15, 0.2) is 0 Å².